The minimum absolute atomic E-state index is 0.0559. The number of carboxylic acid groups (broad SMARTS) is 2. The van der Waals surface area contributed by atoms with Gasteiger partial charge in [-0.1, -0.05) is 37.3 Å². The van der Waals surface area contributed by atoms with E-state index in [0.717, 1.165) is 75.3 Å². The Balaban J connectivity index is 1.32. The fraction of sp³-hybridized carbons (Fsp3) is 0.641. The number of esters is 1. The number of pyridine rings is 1. The first kappa shape index (κ1) is 40.8. The molecule has 6 atom stereocenters. The second kappa shape index (κ2) is 17.5. The summed E-state index contributed by atoms with van der Waals surface area (Å²) in [6.45, 7) is -0.0596. The molecule has 16 heteroatoms. The van der Waals surface area contributed by atoms with E-state index >= 15 is 0 Å². The maximum atomic E-state index is 13.9. The molecule has 0 saturated heterocycles. The normalized spacial score (nSPS) is 27.7. The number of allylic oxidation sites excluding steroid dienone is 1. The largest absolute Gasteiger partial charge is 0.478 e. The fourth-order valence-electron chi connectivity index (χ4n) is 9.70. The van der Waals surface area contributed by atoms with E-state index in [1.807, 2.05) is 17.4 Å². The Morgan fingerprint density at radius 3 is 2.44 bits per heavy atom. The number of hydrogen-bond donors (Lipinski definition) is 8. The number of carboxylic acids is 2. The molecule has 1 aromatic heterocycles. The summed E-state index contributed by atoms with van der Waals surface area (Å²) < 4.78 is 6.38. The predicted octanol–water partition coefficient (Wildman–Crippen LogP) is 2.19. The lowest BCUT2D eigenvalue weighted by molar-refractivity contribution is -0.164. The smallest absolute Gasteiger partial charge is 0.353 e. The predicted molar refractivity (Wildman–Crippen MR) is 201 cm³/mol. The molecule has 5 aliphatic carbocycles. The van der Waals surface area contributed by atoms with Crippen molar-refractivity contribution < 1.29 is 49.1 Å². The Morgan fingerprint density at radius 1 is 1.07 bits per heavy atom. The van der Waals surface area contributed by atoms with Crippen molar-refractivity contribution in [1.29, 1.82) is 0 Å². The zero-order chi connectivity index (χ0) is 39.3. The Bertz CT molecular complexity index is 1680. The van der Waals surface area contributed by atoms with Gasteiger partial charge >= 0.3 is 17.9 Å². The van der Waals surface area contributed by atoms with Gasteiger partial charge in [-0.2, -0.15) is 0 Å². The van der Waals surface area contributed by atoms with E-state index in [1.165, 1.54) is 17.3 Å². The van der Waals surface area contributed by atoms with Gasteiger partial charge in [-0.15, -0.1) is 11.8 Å². The van der Waals surface area contributed by atoms with Crippen molar-refractivity contribution in [3.05, 3.63) is 53.1 Å². The summed E-state index contributed by atoms with van der Waals surface area (Å²) in [7, 11) is 1.55. The van der Waals surface area contributed by atoms with Crippen LogP contribution >= 0.6 is 11.8 Å². The fourth-order valence-corrected chi connectivity index (χ4v) is 11.4. The van der Waals surface area contributed by atoms with Crippen molar-refractivity contribution in [3.63, 3.8) is 0 Å². The van der Waals surface area contributed by atoms with E-state index in [4.69, 9.17) is 4.74 Å². The van der Waals surface area contributed by atoms with Crippen molar-refractivity contribution in [3.8, 4) is 0 Å². The number of ether oxygens (including phenoxy) is 1. The van der Waals surface area contributed by atoms with Gasteiger partial charge in [0.1, 0.15) is 17.7 Å². The molecule has 0 aromatic carbocycles. The Morgan fingerprint density at radius 2 is 1.78 bits per heavy atom. The topological polar surface area (TPSA) is 237 Å². The molecule has 6 aliphatic rings. The number of hydrogen-bond acceptors (Lipinski definition) is 12. The first-order valence-electron chi connectivity index (χ1n) is 19.3. The van der Waals surface area contributed by atoms with Gasteiger partial charge in [0.15, 0.2) is 0 Å². The van der Waals surface area contributed by atoms with Crippen LogP contribution in [0.1, 0.15) is 82.6 Å². The van der Waals surface area contributed by atoms with Crippen LogP contribution in [0.5, 0.6) is 0 Å². The lowest BCUT2D eigenvalue weighted by atomic mass is 9.60. The number of aliphatic hydroxyl groups is 2. The molecule has 7 rings (SSSR count). The number of aromatic nitrogens is 1. The Hall–Kier alpha value is -3.83. The molecule has 2 fully saturated rings. The van der Waals surface area contributed by atoms with Crippen LogP contribution in [0.4, 0.5) is 0 Å². The van der Waals surface area contributed by atoms with Crippen LogP contribution in [0.3, 0.4) is 0 Å². The zero-order valence-electron chi connectivity index (χ0n) is 31.1. The van der Waals surface area contributed by atoms with Crippen molar-refractivity contribution in [2.24, 2.45) is 29.1 Å². The van der Waals surface area contributed by atoms with E-state index in [2.05, 4.69) is 27.0 Å². The molecule has 8 N–H and O–H groups in total. The Kier molecular flexibility index (Phi) is 13.0. The summed E-state index contributed by atoms with van der Waals surface area (Å²) in [5.74, 6) is -4.18. The van der Waals surface area contributed by atoms with Crippen LogP contribution in [-0.2, 0) is 35.1 Å². The van der Waals surface area contributed by atoms with Gasteiger partial charge in [-0.3, -0.25) is 24.7 Å². The van der Waals surface area contributed by atoms with Crippen molar-refractivity contribution >= 4 is 41.5 Å². The molecule has 1 aliphatic heterocycles. The summed E-state index contributed by atoms with van der Waals surface area (Å²) in [6, 6.07) is 2.62. The number of fused-ring (bicyclic) bond motifs is 2. The average Bonchev–Trinajstić information content (AvgIpc) is 3.79. The third-order valence-corrected chi connectivity index (χ3v) is 13.9. The van der Waals surface area contributed by atoms with Crippen LogP contribution in [0.2, 0.25) is 0 Å². The van der Waals surface area contributed by atoms with Gasteiger partial charge in [0.05, 0.1) is 5.25 Å². The number of carbonyl (C=O) groups is 5. The molecule has 2 amide bonds. The first-order valence-corrected chi connectivity index (χ1v) is 20.4. The molecule has 2 bridgehead atoms. The number of amides is 2. The van der Waals surface area contributed by atoms with Gasteiger partial charge in [0.25, 0.3) is 0 Å². The molecule has 2 saturated carbocycles. The van der Waals surface area contributed by atoms with Crippen molar-refractivity contribution in [1.82, 2.24) is 26.3 Å². The SMILES string of the molecule is CNCN[C@@](O)(CCC(=O)N[C@@H](CSC1C2=C3C(CC(Cc4ccncc4)=C[C@H]3C(=O)O2)CC2CCC(CC2)C12CCCC2)C(=O)N[C@@H](O)C(=O)O)C(=O)O. The van der Waals surface area contributed by atoms with Crippen molar-refractivity contribution in [2.45, 2.75) is 107 Å². The molecule has 15 nitrogen and oxygen atoms in total. The molecule has 2 unspecified atom stereocenters. The maximum Gasteiger partial charge on any atom is 0.353 e. The van der Waals surface area contributed by atoms with E-state index in [1.54, 1.807) is 19.4 Å². The minimum atomic E-state index is -2.43. The summed E-state index contributed by atoms with van der Waals surface area (Å²) >= 11 is 1.41. The summed E-state index contributed by atoms with van der Waals surface area (Å²) in [4.78, 5) is 68.3. The standard InChI is InChI=1S/C39H53N5O10S/c1-40-21-42-39(53,37(51)52)13-8-29(45)43-28(33(46)44-34(47)35(48)49)20-55-32-31-30-25(17-22-4-6-26(7-5-22)38(32)11-2-3-12-38)18-24(19-27(30)36(50)54-31)16-23-9-14-41-15-10-23/h9-10,14-15,19,22,25-28,32,34,40,42,47,53H,2-8,11-13,16-18,20-21H2,1H3,(H,43,45)(H,44,46)(H,48,49)(H,51,52)/t22?,25?,26?,27-,28+,32?,34+,39-/m1/s1. The van der Waals surface area contributed by atoms with Crippen LogP contribution < -0.4 is 21.3 Å². The van der Waals surface area contributed by atoms with Crippen LogP contribution in [-0.4, -0.2) is 97.8 Å². The van der Waals surface area contributed by atoms with Gasteiger partial charge in [0.2, 0.25) is 23.8 Å². The molecule has 55 heavy (non-hydrogen) atoms. The monoisotopic (exact) mass is 783 g/mol. The second-order valence-electron chi connectivity index (χ2n) is 15.8. The molecule has 300 valence electrons. The van der Waals surface area contributed by atoms with Gasteiger partial charge in [-0.05, 0) is 98.4 Å². The van der Waals surface area contributed by atoms with Crippen LogP contribution in [0, 0.1) is 29.1 Å². The summed E-state index contributed by atoms with van der Waals surface area (Å²) in [6.07, 6.45) is 13.0. The third-order valence-electron chi connectivity index (χ3n) is 12.4. The number of aliphatic hydroxyl groups excluding tert-OH is 1. The second-order valence-corrected chi connectivity index (χ2v) is 17.0. The lowest BCUT2D eigenvalue weighted by Crippen LogP contribution is -2.56. The van der Waals surface area contributed by atoms with E-state index in [-0.39, 0.29) is 35.0 Å². The highest BCUT2D eigenvalue weighted by Crippen LogP contribution is 2.61. The van der Waals surface area contributed by atoms with Crippen molar-refractivity contribution in [2.75, 3.05) is 19.5 Å². The van der Waals surface area contributed by atoms with E-state index in [9.17, 15) is 44.4 Å². The lowest BCUT2D eigenvalue weighted by Gasteiger charge is -2.48. The number of thioether (sulfide) groups is 1. The number of nitrogens with zero attached hydrogens (tertiary/aromatic N) is 1. The molecular formula is C39H53N5O10S. The maximum absolute atomic E-state index is 13.9. The highest BCUT2D eigenvalue weighted by Gasteiger charge is 2.55. The molecule has 1 spiro atoms. The molecular weight excluding hydrogens is 731 g/mol. The van der Waals surface area contributed by atoms with E-state index < -0.39 is 60.5 Å². The van der Waals surface area contributed by atoms with Gasteiger partial charge in [0, 0.05) is 37.7 Å². The first-order chi connectivity index (χ1) is 26.3. The highest BCUT2D eigenvalue weighted by molar-refractivity contribution is 8.00. The number of aliphatic carboxylic acids is 2. The average molecular weight is 784 g/mol. The van der Waals surface area contributed by atoms with Gasteiger partial charge < -0.3 is 41.1 Å². The summed E-state index contributed by atoms with van der Waals surface area (Å²) in [5, 5.41) is 49.0. The number of rotatable bonds is 16. The highest BCUT2D eigenvalue weighted by atomic mass is 32.2. The Labute approximate surface area is 324 Å². The van der Waals surface area contributed by atoms with Crippen LogP contribution in [0.15, 0.2) is 47.5 Å². The summed E-state index contributed by atoms with van der Waals surface area (Å²) in [5.41, 5.74) is 0.670. The molecule has 1 aromatic rings. The number of nitrogens with one attached hydrogen (secondary N) is 4. The van der Waals surface area contributed by atoms with E-state index in [0.29, 0.717) is 24.0 Å². The third kappa shape index (κ3) is 9.09. The number of carbonyl (C=O) groups excluding carboxylic acids is 3. The van der Waals surface area contributed by atoms with Gasteiger partial charge in [-0.25, -0.2) is 9.59 Å². The quantitative estimate of drug-likeness (QED) is 0.0682. The zero-order valence-corrected chi connectivity index (χ0v) is 31.9. The molecule has 2 heterocycles. The minimum Gasteiger partial charge on any atom is -0.478 e. The van der Waals surface area contributed by atoms with Crippen LogP contribution in [0.25, 0.3) is 0 Å². The molecule has 0 radical (unpaired) electrons.